The molecule has 0 radical (unpaired) electrons. The third-order valence-corrected chi connectivity index (χ3v) is 16.6. The Bertz CT molecular complexity index is 2260. The van der Waals surface area contributed by atoms with E-state index in [4.69, 9.17) is 42.6 Å². The van der Waals surface area contributed by atoms with Gasteiger partial charge in [0.25, 0.3) is 0 Å². The van der Waals surface area contributed by atoms with Crippen LogP contribution in [0, 0.1) is 17.8 Å². The number of esters is 1. The number of hydrogen-bond acceptors (Lipinski definition) is 18. The zero-order chi connectivity index (χ0) is 55.3. The van der Waals surface area contributed by atoms with Crippen LogP contribution in [0.15, 0.2) is 29.2 Å². The van der Waals surface area contributed by atoms with Gasteiger partial charge in [0.15, 0.2) is 12.6 Å². The van der Waals surface area contributed by atoms with E-state index in [0.29, 0.717) is 62.9 Å². The Labute approximate surface area is 442 Å². The average molecular weight is 1060 g/mol. The van der Waals surface area contributed by atoms with E-state index < -0.39 is 107 Å². The molecule has 3 saturated heterocycles. The van der Waals surface area contributed by atoms with Crippen molar-refractivity contribution >= 4 is 22.8 Å². The Morgan fingerprint density at radius 1 is 0.933 bits per heavy atom. The number of carboxylic acid groups (broad SMARTS) is 1. The zero-order valence-electron chi connectivity index (χ0n) is 46.6. The van der Waals surface area contributed by atoms with E-state index in [0.717, 1.165) is 5.56 Å². The summed E-state index contributed by atoms with van der Waals surface area (Å²) in [5.41, 5.74) is -3.54. The number of nitrogens with zero attached hydrogens (tertiary/aromatic N) is 3. The summed E-state index contributed by atoms with van der Waals surface area (Å²) < 4.78 is 58.2. The van der Waals surface area contributed by atoms with Crippen molar-refractivity contribution in [2.75, 3.05) is 68.3 Å². The summed E-state index contributed by atoms with van der Waals surface area (Å²) in [6.07, 6.45) is -4.80. The van der Waals surface area contributed by atoms with E-state index in [1.54, 1.807) is 38.7 Å². The maximum Gasteiger partial charge on any atom is 0.341 e. The van der Waals surface area contributed by atoms with E-state index in [-0.39, 0.29) is 56.1 Å². The quantitative estimate of drug-likeness (QED) is 0.106. The summed E-state index contributed by atoms with van der Waals surface area (Å²) in [6.45, 7) is 16.8. The molecule has 0 amide bonds. The standard InChI is InChI=1S/C55H89N3O17/c1-31-27-53(7,65)48(75-52-45(60)41(56(9)10)25-32(2)71-52)33(3)46(34(4)51(64)73-42-18-19-55(42,66)47(61)35(5)57(11)29-31)74-43-28-54(8,68-13)49(36(6)72-43)70-24-23-69-21-14-15-37-16-17-40-38(26-37)44(59)39(50(62)63)30-58(40)20-22-67-12/h16-17,26,30-36,41-43,45-49,52,60-61,65-66H,14-15,18-25,27-29H2,1-13H3,(H,62,63)/t31-,32-,33+,34-,35-,36+,41+,42-,43+,45-,46+,47?,48-,49+,52+,53-,54-,55-/m1/s1. The van der Waals surface area contributed by atoms with Crippen LogP contribution >= 0.6 is 0 Å². The van der Waals surface area contributed by atoms with Gasteiger partial charge in [-0.25, -0.2) is 4.79 Å². The second kappa shape index (κ2) is 25.7. The van der Waals surface area contributed by atoms with Gasteiger partial charge in [-0.3, -0.25) is 9.59 Å². The second-order valence-corrected chi connectivity index (χ2v) is 22.8. The van der Waals surface area contributed by atoms with Crippen LogP contribution in [-0.4, -0.2) is 210 Å². The lowest BCUT2D eigenvalue weighted by atomic mass is 9.71. The van der Waals surface area contributed by atoms with Crippen LogP contribution in [0.3, 0.4) is 0 Å². The number of pyridine rings is 1. The van der Waals surface area contributed by atoms with Crippen LogP contribution in [-0.2, 0) is 60.4 Å². The number of aromatic nitrogens is 1. The van der Waals surface area contributed by atoms with Crippen molar-refractivity contribution in [3.8, 4) is 0 Å². The molecule has 3 aliphatic heterocycles. The summed E-state index contributed by atoms with van der Waals surface area (Å²) in [5, 5.41) is 57.9. The number of rotatable bonds is 18. The monoisotopic (exact) mass is 1060 g/mol. The second-order valence-electron chi connectivity index (χ2n) is 22.8. The lowest BCUT2D eigenvalue weighted by Gasteiger charge is -2.50. The first-order chi connectivity index (χ1) is 35.3. The van der Waals surface area contributed by atoms with Crippen molar-refractivity contribution in [2.45, 2.75) is 197 Å². The molecule has 1 aromatic carbocycles. The molecule has 426 valence electrons. The maximum absolute atomic E-state index is 14.5. The normalized spacial score (nSPS) is 38.6. The number of fused-ring (bicyclic) bond motifs is 2. The predicted molar refractivity (Wildman–Crippen MR) is 277 cm³/mol. The van der Waals surface area contributed by atoms with Crippen LogP contribution < -0.4 is 5.43 Å². The van der Waals surface area contributed by atoms with Gasteiger partial charge in [-0.1, -0.05) is 19.9 Å². The van der Waals surface area contributed by atoms with E-state index >= 15 is 0 Å². The SMILES string of the molecule is COCCn1cc(C(=O)O)c(=O)c2cc(CCCOCCO[C@H]3[C@H](C)O[C@@H](O[C@H]4[C@H](C)[C@@H](O[C@@H]5O[C@H](C)C[C@H](N(C)C)[C@H]5O)[C@](C)(O)C[C@@H](C)CN(C)[C@H](C)C(O)[C@@]5(O)CC[C@H]5OC(=O)[C@@H]4C)C[C@@]3(C)OC)ccc21. The van der Waals surface area contributed by atoms with Gasteiger partial charge in [-0.15, -0.1) is 0 Å². The smallest absolute Gasteiger partial charge is 0.341 e. The highest BCUT2D eigenvalue weighted by Crippen LogP contribution is 2.43. The minimum absolute atomic E-state index is 0.163. The first-order valence-electron chi connectivity index (χ1n) is 26.9. The molecule has 6 rings (SSSR count). The molecule has 5 N–H and O–H groups in total. The van der Waals surface area contributed by atoms with E-state index in [2.05, 4.69) is 0 Å². The maximum atomic E-state index is 14.5. The molecule has 18 atom stereocenters. The van der Waals surface area contributed by atoms with Gasteiger partial charge in [0.2, 0.25) is 5.43 Å². The van der Waals surface area contributed by atoms with Gasteiger partial charge in [0, 0.05) is 69.9 Å². The summed E-state index contributed by atoms with van der Waals surface area (Å²) in [6, 6.07) is 4.68. The Hall–Kier alpha value is -3.19. The highest BCUT2D eigenvalue weighted by molar-refractivity contribution is 5.92. The zero-order valence-corrected chi connectivity index (χ0v) is 46.6. The molecule has 20 nitrogen and oxygen atoms in total. The molecule has 4 heterocycles. The highest BCUT2D eigenvalue weighted by Gasteiger charge is 2.57. The Morgan fingerprint density at radius 2 is 1.65 bits per heavy atom. The fraction of sp³-hybridized carbons (Fsp3) is 0.800. The molecule has 0 spiro atoms. The lowest BCUT2D eigenvalue weighted by molar-refractivity contribution is -0.321. The van der Waals surface area contributed by atoms with E-state index in [1.807, 2.05) is 84.6 Å². The van der Waals surface area contributed by atoms with Crippen LogP contribution in [0.1, 0.15) is 110 Å². The third kappa shape index (κ3) is 14.0. The molecule has 1 unspecified atom stereocenters. The van der Waals surface area contributed by atoms with Crippen molar-refractivity contribution in [3.63, 3.8) is 0 Å². The highest BCUT2D eigenvalue weighted by atomic mass is 16.7. The average Bonchev–Trinajstić information content (AvgIpc) is 3.35. The molecule has 1 aliphatic carbocycles. The molecule has 2 aromatic rings. The van der Waals surface area contributed by atoms with Crippen molar-refractivity contribution in [2.24, 2.45) is 17.8 Å². The van der Waals surface area contributed by atoms with Gasteiger partial charge in [0.05, 0.1) is 66.9 Å². The van der Waals surface area contributed by atoms with E-state index in [9.17, 15) is 39.9 Å². The molecule has 75 heavy (non-hydrogen) atoms. The van der Waals surface area contributed by atoms with Crippen molar-refractivity contribution < 1.29 is 77.8 Å². The number of aliphatic hydroxyl groups excluding tert-OH is 2. The lowest BCUT2D eigenvalue weighted by Crippen LogP contribution is -2.66. The summed E-state index contributed by atoms with van der Waals surface area (Å²) in [7, 11) is 8.77. The number of carboxylic acids is 1. The molecule has 1 aromatic heterocycles. The number of aliphatic hydroxyl groups is 4. The third-order valence-electron chi connectivity index (χ3n) is 16.6. The number of benzene rings is 1. The fourth-order valence-corrected chi connectivity index (χ4v) is 12.1. The largest absolute Gasteiger partial charge is 0.477 e. The molecular weight excluding hydrogens is 975 g/mol. The van der Waals surface area contributed by atoms with Gasteiger partial charge in [-0.2, -0.15) is 0 Å². The predicted octanol–water partition coefficient (Wildman–Crippen LogP) is 3.60. The molecule has 0 bridgehead atoms. The van der Waals surface area contributed by atoms with Crippen LogP contribution in [0.25, 0.3) is 10.9 Å². The molecular formula is C55H89N3O17. The summed E-state index contributed by atoms with van der Waals surface area (Å²) in [4.78, 5) is 43.3. The fourth-order valence-electron chi connectivity index (χ4n) is 12.1. The van der Waals surface area contributed by atoms with Gasteiger partial charge in [-0.05, 0) is 125 Å². The first-order valence-corrected chi connectivity index (χ1v) is 26.9. The molecule has 20 heteroatoms. The molecule has 4 aliphatic rings. The number of methoxy groups -OCH3 is 2. The number of aromatic carboxylic acids is 1. The summed E-state index contributed by atoms with van der Waals surface area (Å²) in [5.74, 6) is -3.92. The van der Waals surface area contributed by atoms with Crippen LogP contribution in [0.5, 0.6) is 0 Å². The number of aryl methyl sites for hydroxylation is 1. The number of likely N-dealkylation sites (N-methyl/N-ethyl adjacent to an activating group) is 2. The number of ether oxygens (including phenoxy) is 9. The Kier molecular flexibility index (Phi) is 20.9. The van der Waals surface area contributed by atoms with E-state index in [1.165, 1.54) is 6.20 Å². The van der Waals surface area contributed by atoms with Crippen molar-refractivity contribution in [1.29, 1.82) is 0 Å². The molecule has 1 saturated carbocycles. The number of carbonyl (C=O) groups is 2. The Balaban J connectivity index is 1.16. The van der Waals surface area contributed by atoms with Gasteiger partial charge in [0.1, 0.15) is 35.6 Å². The van der Waals surface area contributed by atoms with Crippen LogP contribution in [0.2, 0.25) is 0 Å². The minimum atomic E-state index is -1.67. The minimum Gasteiger partial charge on any atom is -0.477 e. The van der Waals surface area contributed by atoms with Gasteiger partial charge >= 0.3 is 11.9 Å². The van der Waals surface area contributed by atoms with Gasteiger partial charge < -0.3 is 82.5 Å². The van der Waals surface area contributed by atoms with Crippen molar-refractivity contribution in [1.82, 2.24) is 14.4 Å². The summed E-state index contributed by atoms with van der Waals surface area (Å²) >= 11 is 0. The number of hydrogen-bond donors (Lipinski definition) is 5. The number of carbonyl (C=O) groups excluding carboxylic acids is 1. The topological polar surface area (TPSA) is 247 Å². The van der Waals surface area contributed by atoms with Crippen molar-refractivity contribution in [3.05, 3.63) is 45.7 Å². The van der Waals surface area contributed by atoms with Crippen LogP contribution in [0.4, 0.5) is 0 Å². The molecule has 4 fully saturated rings. The Morgan fingerprint density at radius 3 is 2.29 bits per heavy atom. The first kappa shape index (κ1) is 61.0.